The number of carboxylic acid groups (broad SMARTS) is 1. The first kappa shape index (κ1) is 24.6. The van der Waals surface area contributed by atoms with Crippen molar-refractivity contribution in [2.75, 3.05) is 25.5 Å². The second kappa shape index (κ2) is 10.7. The Kier molecular flexibility index (Phi) is 7.97. The van der Waals surface area contributed by atoms with Gasteiger partial charge in [0, 0.05) is 24.8 Å². The number of fused-ring (bicyclic) bond motifs is 1. The van der Waals surface area contributed by atoms with E-state index in [4.69, 9.17) is 14.6 Å². The van der Waals surface area contributed by atoms with Gasteiger partial charge in [-0.15, -0.1) is 0 Å². The average molecular weight is 464 g/mol. The number of amides is 1. The van der Waals surface area contributed by atoms with Gasteiger partial charge >= 0.3 is 12.1 Å². The molecule has 33 heavy (non-hydrogen) atoms. The zero-order chi connectivity index (χ0) is 24.0. The third-order valence-electron chi connectivity index (χ3n) is 5.99. The zero-order valence-corrected chi connectivity index (χ0v) is 18.3. The molecule has 178 valence electrons. The SMILES string of the molecule is COc1ccccc1C(=O)Nc1ccc2c(c1)CCN(C1CCC1)CC2.O=C(O)C(F)(F)F. The zero-order valence-electron chi connectivity index (χ0n) is 18.3. The Morgan fingerprint density at radius 2 is 1.70 bits per heavy atom. The minimum Gasteiger partial charge on any atom is -0.496 e. The summed E-state index contributed by atoms with van der Waals surface area (Å²) in [5, 5.41) is 10.2. The van der Waals surface area contributed by atoms with Gasteiger partial charge in [0.25, 0.3) is 5.91 Å². The van der Waals surface area contributed by atoms with Crippen molar-refractivity contribution in [3.8, 4) is 5.75 Å². The number of halogens is 3. The Balaban J connectivity index is 0.000000383. The molecule has 0 bridgehead atoms. The predicted octanol–water partition coefficient (Wildman–Crippen LogP) is 4.53. The molecule has 6 nitrogen and oxygen atoms in total. The topological polar surface area (TPSA) is 78.9 Å². The second-order valence-corrected chi connectivity index (χ2v) is 8.06. The van der Waals surface area contributed by atoms with Crippen LogP contribution in [0.25, 0.3) is 0 Å². The first-order valence-electron chi connectivity index (χ1n) is 10.8. The summed E-state index contributed by atoms with van der Waals surface area (Å²) in [6, 6.07) is 14.5. The number of carboxylic acids is 1. The van der Waals surface area contributed by atoms with Gasteiger partial charge in [-0.25, -0.2) is 4.79 Å². The molecule has 1 aliphatic carbocycles. The minimum atomic E-state index is -5.08. The van der Waals surface area contributed by atoms with Gasteiger partial charge in [-0.2, -0.15) is 13.2 Å². The lowest BCUT2D eigenvalue weighted by molar-refractivity contribution is -0.192. The summed E-state index contributed by atoms with van der Waals surface area (Å²) in [5.74, 6) is -2.30. The van der Waals surface area contributed by atoms with Gasteiger partial charge in [0.05, 0.1) is 12.7 Å². The molecule has 9 heteroatoms. The maximum atomic E-state index is 12.6. The number of carbonyl (C=O) groups excluding carboxylic acids is 1. The molecule has 1 amide bonds. The van der Waals surface area contributed by atoms with Crippen LogP contribution in [0.4, 0.5) is 18.9 Å². The molecule has 0 radical (unpaired) electrons. The molecule has 2 aromatic rings. The number of anilines is 1. The number of methoxy groups -OCH3 is 1. The van der Waals surface area contributed by atoms with Crippen LogP contribution in [0, 0.1) is 0 Å². The van der Waals surface area contributed by atoms with E-state index in [9.17, 15) is 18.0 Å². The molecular weight excluding hydrogens is 437 g/mol. The molecule has 2 N–H and O–H groups in total. The normalized spacial score (nSPS) is 16.4. The van der Waals surface area contributed by atoms with Crippen molar-refractivity contribution in [1.82, 2.24) is 4.90 Å². The summed E-state index contributed by atoms with van der Waals surface area (Å²) in [6.07, 6.45) is 1.18. The summed E-state index contributed by atoms with van der Waals surface area (Å²) >= 11 is 0. The van der Waals surface area contributed by atoms with Crippen LogP contribution in [-0.2, 0) is 17.6 Å². The van der Waals surface area contributed by atoms with E-state index >= 15 is 0 Å². The van der Waals surface area contributed by atoms with Crippen molar-refractivity contribution in [1.29, 1.82) is 0 Å². The number of alkyl halides is 3. The average Bonchev–Trinajstić information content (AvgIpc) is 2.94. The molecule has 1 aliphatic heterocycles. The fourth-order valence-electron chi connectivity index (χ4n) is 3.97. The van der Waals surface area contributed by atoms with Crippen LogP contribution in [0.3, 0.4) is 0 Å². The highest BCUT2D eigenvalue weighted by atomic mass is 19.4. The predicted molar refractivity (Wildman–Crippen MR) is 118 cm³/mol. The van der Waals surface area contributed by atoms with Crippen LogP contribution >= 0.6 is 0 Å². The van der Waals surface area contributed by atoms with E-state index in [0.29, 0.717) is 11.3 Å². The molecule has 1 heterocycles. The van der Waals surface area contributed by atoms with E-state index in [1.165, 1.54) is 30.4 Å². The van der Waals surface area contributed by atoms with Crippen LogP contribution in [0.5, 0.6) is 5.75 Å². The number of aliphatic carboxylic acids is 1. The highest BCUT2D eigenvalue weighted by molar-refractivity contribution is 6.06. The van der Waals surface area contributed by atoms with Gasteiger partial charge in [0.1, 0.15) is 5.75 Å². The largest absolute Gasteiger partial charge is 0.496 e. The van der Waals surface area contributed by atoms with E-state index in [1.54, 1.807) is 19.2 Å². The summed E-state index contributed by atoms with van der Waals surface area (Å²) in [7, 11) is 1.59. The van der Waals surface area contributed by atoms with Crippen molar-refractivity contribution in [3.63, 3.8) is 0 Å². The highest BCUT2D eigenvalue weighted by Crippen LogP contribution is 2.28. The lowest BCUT2D eigenvalue weighted by Gasteiger charge is -2.36. The number of ether oxygens (including phenoxy) is 1. The van der Waals surface area contributed by atoms with Gasteiger partial charge in [0.2, 0.25) is 0 Å². The van der Waals surface area contributed by atoms with Crippen LogP contribution < -0.4 is 10.1 Å². The molecule has 2 aliphatic rings. The summed E-state index contributed by atoms with van der Waals surface area (Å²) in [4.78, 5) is 24.2. The highest BCUT2D eigenvalue weighted by Gasteiger charge is 2.38. The number of para-hydroxylation sites is 1. The van der Waals surface area contributed by atoms with E-state index < -0.39 is 12.1 Å². The Labute approximate surface area is 190 Å². The number of hydrogen-bond donors (Lipinski definition) is 2. The first-order valence-corrected chi connectivity index (χ1v) is 10.8. The minimum absolute atomic E-state index is 0.132. The Bertz CT molecular complexity index is 990. The van der Waals surface area contributed by atoms with E-state index in [-0.39, 0.29) is 5.91 Å². The van der Waals surface area contributed by atoms with Gasteiger partial charge in [-0.05, 0) is 61.1 Å². The number of carbonyl (C=O) groups is 2. The van der Waals surface area contributed by atoms with Gasteiger partial charge in [-0.3, -0.25) is 9.69 Å². The molecule has 0 unspecified atom stereocenters. The van der Waals surface area contributed by atoms with Crippen molar-refractivity contribution in [3.05, 3.63) is 59.2 Å². The van der Waals surface area contributed by atoms with Crippen LogP contribution in [-0.4, -0.2) is 54.3 Å². The lowest BCUT2D eigenvalue weighted by Crippen LogP contribution is -2.41. The molecule has 0 saturated heterocycles. The van der Waals surface area contributed by atoms with Gasteiger partial charge in [-0.1, -0.05) is 24.6 Å². The quantitative estimate of drug-likeness (QED) is 0.695. The summed E-state index contributed by atoms with van der Waals surface area (Å²) in [6.45, 7) is 2.28. The summed E-state index contributed by atoms with van der Waals surface area (Å²) < 4.78 is 37.0. The van der Waals surface area contributed by atoms with Crippen LogP contribution in [0.2, 0.25) is 0 Å². The first-order chi connectivity index (χ1) is 15.7. The molecular formula is C24H27F3N2O4. The monoisotopic (exact) mass is 464 g/mol. The van der Waals surface area contributed by atoms with Crippen molar-refractivity contribution >= 4 is 17.6 Å². The van der Waals surface area contributed by atoms with E-state index in [2.05, 4.69) is 22.3 Å². The Morgan fingerprint density at radius 3 is 2.27 bits per heavy atom. The Morgan fingerprint density at radius 1 is 1.06 bits per heavy atom. The fraction of sp³-hybridized carbons (Fsp3) is 0.417. The number of nitrogens with zero attached hydrogens (tertiary/aromatic N) is 1. The molecule has 0 atom stereocenters. The van der Waals surface area contributed by atoms with Crippen molar-refractivity contribution < 1.29 is 32.6 Å². The number of nitrogens with one attached hydrogen (secondary N) is 1. The van der Waals surface area contributed by atoms with Crippen molar-refractivity contribution in [2.24, 2.45) is 0 Å². The third kappa shape index (κ3) is 6.47. The van der Waals surface area contributed by atoms with Crippen LogP contribution in [0.1, 0.15) is 40.7 Å². The van der Waals surface area contributed by atoms with E-state index in [1.807, 2.05) is 18.2 Å². The molecule has 2 aromatic carbocycles. The summed E-state index contributed by atoms with van der Waals surface area (Å²) in [5.41, 5.74) is 4.20. The Hall–Kier alpha value is -3.07. The maximum absolute atomic E-state index is 12.6. The number of hydrogen-bond acceptors (Lipinski definition) is 4. The number of rotatable bonds is 4. The van der Waals surface area contributed by atoms with Gasteiger partial charge in [0.15, 0.2) is 0 Å². The molecule has 4 rings (SSSR count). The molecule has 0 aromatic heterocycles. The van der Waals surface area contributed by atoms with E-state index in [0.717, 1.165) is 37.7 Å². The standard InChI is InChI=1S/C22H26N2O2.C2HF3O2/c1-26-21-8-3-2-7-20(21)22(25)23-18-10-9-16-11-13-24(19-5-4-6-19)14-12-17(16)15-18;3-2(4,5)1(6)7/h2-3,7-10,15,19H,4-6,11-14H2,1H3,(H,23,25);(H,6,7). The van der Waals surface area contributed by atoms with Crippen molar-refractivity contribution in [2.45, 2.75) is 44.3 Å². The molecule has 0 spiro atoms. The fourth-order valence-corrected chi connectivity index (χ4v) is 3.97. The van der Waals surface area contributed by atoms with Crippen LogP contribution in [0.15, 0.2) is 42.5 Å². The second-order valence-electron chi connectivity index (χ2n) is 8.06. The van der Waals surface area contributed by atoms with Gasteiger partial charge < -0.3 is 15.2 Å². The molecule has 1 saturated carbocycles. The lowest BCUT2D eigenvalue weighted by atomic mass is 9.91. The smallest absolute Gasteiger partial charge is 0.490 e. The molecule has 1 fully saturated rings. The number of benzene rings is 2. The third-order valence-corrected chi connectivity index (χ3v) is 5.99. The maximum Gasteiger partial charge on any atom is 0.490 e.